The van der Waals surface area contributed by atoms with E-state index >= 15 is 0 Å². The first-order valence-corrected chi connectivity index (χ1v) is 31.0. The molecule has 0 amide bonds. The highest BCUT2D eigenvalue weighted by atomic mass is 32.1. The van der Waals surface area contributed by atoms with E-state index in [2.05, 4.69) is 276 Å². The van der Waals surface area contributed by atoms with E-state index in [9.17, 15) is 0 Å². The summed E-state index contributed by atoms with van der Waals surface area (Å²) < 4.78 is 2.53. The summed E-state index contributed by atoms with van der Waals surface area (Å²) in [5.74, 6) is 0. The molecule has 6 heterocycles. The fourth-order valence-corrected chi connectivity index (χ4v) is 17.5. The minimum atomic E-state index is -0.627. The Hall–Kier alpha value is -8.56. The van der Waals surface area contributed by atoms with E-state index in [-0.39, 0.29) is 0 Å². The average molecular weight is 1100 g/mol. The Labute approximate surface area is 481 Å². The van der Waals surface area contributed by atoms with Crippen LogP contribution in [0.1, 0.15) is 47.2 Å². The van der Waals surface area contributed by atoms with Gasteiger partial charge in [-0.25, -0.2) is 0 Å². The van der Waals surface area contributed by atoms with Crippen molar-refractivity contribution in [3.05, 3.63) is 281 Å². The summed E-state index contributed by atoms with van der Waals surface area (Å²) >= 11 is 7.58. The molecular weight excluding hydrogens is 1050 g/mol. The smallest absolute Gasteiger partial charge is 0.0771 e. The molecule has 2 aliphatic rings. The first-order chi connectivity index (χ1) is 39.6. The SMILES string of the molecule is CCc1ccccc1N(c1cccc(-n2c3ccccc3c3c4c(ccc32)C2(c3ccccc3N4c3cccc(-c4ccc5ccccc5c4)c3)c3cc(-c4cccs4)sc3-c3sc(-c4cccs4)cc32)c1)c1ccccc1CC. The summed E-state index contributed by atoms with van der Waals surface area (Å²) in [6.07, 6.45) is 1.85. The van der Waals surface area contributed by atoms with Crippen LogP contribution in [0.5, 0.6) is 0 Å². The van der Waals surface area contributed by atoms with Crippen LogP contribution in [-0.2, 0) is 18.3 Å². The molecule has 1 aliphatic carbocycles. The Morgan fingerprint density at radius 1 is 0.425 bits per heavy atom. The van der Waals surface area contributed by atoms with Crippen LogP contribution in [-0.4, -0.2) is 4.57 Å². The Bertz CT molecular complexity index is 4600. The van der Waals surface area contributed by atoms with Crippen molar-refractivity contribution in [1.29, 1.82) is 0 Å². The van der Waals surface area contributed by atoms with Crippen molar-refractivity contribution in [1.82, 2.24) is 4.57 Å². The molecule has 0 unspecified atom stereocenters. The third kappa shape index (κ3) is 7.07. The fourth-order valence-electron chi connectivity index (χ4n) is 13.3. The van der Waals surface area contributed by atoms with E-state index in [0.717, 1.165) is 35.4 Å². The van der Waals surface area contributed by atoms with Gasteiger partial charge in [0, 0.05) is 58.7 Å². The lowest BCUT2D eigenvalue weighted by molar-refractivity contribution is 0.758. The van der Waals surface area contributed by atoms with Crippen LogP contribution in [0.3, 0.4) is 0 Å². The molecule has 80 heavy (non-hydrogen) atoms. The van der Waals surface area contributed by atoms with Crippen molar-refractivity contribution in [2.45, 2.75) is 32.1 Å². The minimum Gasteiger partial charge on any atom is -0.310 e. The van der Waals surface area contributed by atoms with Crippen LogP contribution in [0.4, 0.5) is 34.1 Å². The topological polar surface area (TPSA) is 11.4 Å². The molecule has 1 spiro atoms. The maximum Gasteiger partial charge on any atom is 0.0771 e. The van der Waals surface area contributed by atoms with Crippen LogP contribution in [0, 0.1) is 0 Å². The number of rotatable bonds is 10. The van der Waals surface area contributed by atoms with Crippen molar-refractivity contribution >= 4 is 112 Å². The summed E-state index contributed by atoms with van der Waals surface area (Å²) in [5.41, 5.74) is 20.2. The summed E-state index contributed by atoms with van der Waals surface area (Å²) in [7, 11) is 0. The molecule has 0 N–H and O–H groups in total. The lowest BCUT2D eigenvalue weighted by Gasteiger charge is -2.45. The van der Waals surface area contributed by atoms with E-state index in [4.69, 9.17) is 0 Å². The molecule has 0 saturated carbocycles. The number of benzene rings is 9. The van der Waals surface area contributed by atoms with Gasteiger partial charge in [-0.2, -0.15) is 0 Å². The van der Waals surface area contributed by atoms with Gasteiger partial charge in [-0.1, -0.05) is 159 Å². The monoisotopic (exact) mass is 1100 g/mol. The maximum atomic E-state index is 2.62. The molecule has 0 saturated heterocycles. The molecule has 382 valence electrons. The molecule has 0 bridgehead atoms. The Kier molecular flexibility index (Phi) is 11.1. The normalized spacial score (nSPS) is 13.1. The minimum absolute atomic E-state index is 0.627. The molecule has 0 atom stereocenters. The molecule has 0 fully saturated rings. The predicted octanol–water partition coefficient (Wildman–Crippen LogP) is 21.9. The Morgan fingerprint density at radius 3 is 1.76 bits per heavy atom. The van der Waals surface area contributed by atoms with E-state index < -0.39 is 5.41 Å². The van der Waals surface area contributed by atoms with Gasteiger partial charge in [0.15, 0.2) is 0 Å². The molecule has 9 aromatic carbocycles. The average Bonchev–Trinajstić information content (AvgIpc) is 4.54. The third-order valence-electron chi connectivity index (χ3n) is 16.8. The number of nitrogens with zero attached hydrogens (tertiary/aromatic N) is 3. The Balaban J connectivity index is 0.999. The van der Waals surface area contributed by atoms with Gasteiger partial charge in [-0.3, -0.25) is 0 Å². The van der Waals surface area contributed by atoms with Crippen molar-refractivity contribution in [2.75, 3.05) is 9.80 Å². The zero-order valence-electron chi connectivity index (χ0n) is 44.1. The second-order valence-electron chi connectivity index (χ2n) is 20.9. The molecular formula is C73H51N3S4. The molecule has 16 rings (SSSR count). The molecule has 3 nitrogen and oxygen atoms in total. The van der Waals surface area contributed by atoms with Crippen molar-refractivity contribution in [3.8, 4) is 46.1 Å². The lowest BCUT2D eigenvalue weighted by Crippen LogP contribution is -2.36. The van der Waals surface area contributed by atoms with Crippen molar-refractivity contribution in [3.63, 3.8) is 0 Å². The first-order valence-electron chi connectivity index (χ1n) is 27.6. The number of hydrogen-bond acceptors (Lipinski definition) is 6. The number of para-hydroxylation sites is 4. The number of anilines is 6. The highest BCUT2D eigenvalue weighted by Crippen LogP contribution is 2.69. The van der Waals surface area contributed by atoms with Gasteiger partial charge in [0.05, 0.1) is 37.6 Å². The van der Waals surface area contributed by atoms with Gasteiger partial charge in [-0.15, -0.1) is 45.3 Å². The molecule has 14 aromatic rings. The van der Waals surface area contributed by atoms with Gasteiger partial charge in [0.1, 0.15) is 0 Å². The second-order valence-corrected chi connectivity index (χ2v) is 24.9. The summed E-state index contributed by atoms with van der Waals surface area (Å²) in [6, 6.07) is 89.4. The maximum absolute atomic E-state index is 2.62. The number of hydrogen-bond donors (Lipinski definition) is 0. The predicted molar refractivity (Wildman–Crippen MR) is 345 cm³/mol. The first kappa shape index (κ1) is 47.4. The summed E-state index contributed by atoms with van der Waals surface area (Å²) in [5, 5.41) is 9.35. The van der Waals surface area contributed by atoms with Crippen LogP contribution in [0.15, 0.2) is 247 Å². The fraction of sp³-hybridized carbons (Fsp3) is 0.0685. The summed E-state index contributed by atoms with van der Waals surface area (Å²) in [4.78, 5) is 13.1. The highest BCUT2D eigenvalue weighted by molar-refractivity contribution is 7.28. The van der Waals surface area contributed by atoms with Crippen LogP contribution in [0.25, 0.3) is 78.7 Å². The lowest BCUT2D eigenvalue weighted by atomic mass is 9.65. The number of thiophene rings is 4. The zero-order valence-corrected chi connectivity index (χ0v) is 47.3. The van der Waals surface area contributed by atoms with Crippen LogP contribution in [0.2, 0.25) is 0 Å². The van der Waals surface area contributed by atoms with E-state index in [1.54, 1.807) is 0 Å². The number of aromatic nitrogens is 1. The molecule has 5 aromatic heterocycles. The number of aryl methyl sites for hydroxylation is 2. The van der Waals surface area contributed by atoms with E-state index in [1.807, 2.05) is 45.3 Å². The quantitative estimate of drug-likeness (QED) is 0.135. The molecule has 0 radical (unpaired) electrons. The van der Waals surface area contributed by atoms with Gasteiger partial charge in [0.25, 0.3) is 0 Å². The molecule has 7 heteroatoms. The van der Waals surface area contributed by atoms with Crippen molar-refractivity contribution in [2.24, 2.45) is 0 Å². The van der Waals surface area contributed by atoms with Crippen LogP contribution < -0.4 is 9.80 Å². The summed E-state index contributed by atoms with van der Waals surface area (Å²) in [6.45, 7) is 4.53. The second kappa shape index (κ2) is 18.8. The van der Waals surface area contributed by atoms with Gasteiger partial charge in [-0.05, 0) is 170 Å². The van der Waals surface area contributed by atoms with Gasteiger partial charge < -0.3 is 14.4 Å². The largest absolute Gasteiger partial charge is 0.310 e. The van der Waals surface area contributed by atoms with Crippen molar-refractivity contribution < 1.29 is 0 Å². The van der Waals surface area contributed by atoms with Gasteiger partial charge >= 0.3 is 0 Å². The third-order valence-corrected chi connectivity index (χ3v) is 21.3. The van der Waals surface area contributed by atoms with Gasteiger partial charge in [0.2, 0.25) is 0 Å². The van der Waals surface area contributed by atoms with E-state index in [1.165, 1.54) is 124 Å². The highest BCUT2D eigenvalue weighted by Gasteiger charge is 2.54. The van der Waals surface area contributed by atoms with E-state index in [0.29, 0.717) is 0 Å². The molecule has 1 aliphatic heterocycles. The Morgan fingerprint density at radius 2 is 1.05 bits per heavy atom. The zero-order chi connectivity index (χ0) is 53.1. The standard InChI is InChI=1S/C73H51N3S4/c1-3-46-19-7-11-29-60(46)74(61-30-12-8-20-47(61)4-2)53-25-16-26-54(43-53)75-62-31-13-9-27-55(62)69-64(75)38-37-57-70(69)76(52-24-15-23-50(42-52)51-36-35-48-21-5-6-22-49(48)41-51)63-32-14-10-28-56(63)73(57)58-44-67(65-33-17-39-77-65)79-71(58)72-59(73)45-68(80-72)66-34-18-40-78-66/h5-45H,3-4H2,1-2H3. The van der Waals surface area contributed by atoms with Crippen LogP contribution >= 0.6 is 45.3 Å². The number of fused-ring (bicyclic) bond motifs is 14.